The monoisotopic (exact) mass is 323 g/mol. The van der Waals surface area contributed by atoms with Crippen molar-refractivity contribution < 1.29 is 22.7 Å². The Labute approximate surface area is 121 Å². The van der Waals surface area contributed by atoms with Gasteiger partial charge < -0.3 is 5.11 Å². The topological polar surface area (TPSA) is 83.5 Å². The fourth-order valence-electron chi connectivity index (χ4n) is 1.61. The van der Waals surface area contributed by atoms with E-state index < -0.39 is 38.7 Å². The molecule has 20 heavy (non-hydrogen) atoms. The second kappa shape index (κ2) is 6.51. The zero-order valence-electron chi connectivity index (χ0n) is 10.9. The van der Waals surface area contributed by atoms with Crippen LogP contribution in [0.15, 0.2) is 23.1 Å². The average Bonchev–Trinajstić information content (AvgIpc) is 2.34. The molecule has 112 valence electrons. The molecule has 0 unspecified atom stereocenters. The lowest BCUT2D eigenvalue weighted by Gasteiger charge is -2.20. The summed E-state index contributed by atoms with van der Waals surface area (Å²) in [7, 11) is -4.36. The maximum absolute atomic E-state index is 13.6. The van der Waals surface area contributed by atoms with Crippen LogP contribution in [-0.4, -0.2) is 25.5 Å². The SMILES string of the molecule is CC[C@H](C)[C@H](NS(=O)(=O)c1c(F)cccc1Cl)C(=O)O. The van der Waals surface area contributed by atoms with Gasteiger partial charge in [-0.3, -0.25) is 4.79 Å². The van der Waals surface area contributed by atoms with Crippen LogP contribution >= 0.6 is 11.6 Å². The molecular weight excluding hydrogens is 309 g/mol. The van der Waals surface area contributed by atoms with Crippen LogP contribution in [0.4, 0.5) is 4.39 Å². The van der Waals surface area contributed by atoms with Gasteiger partial charge in [0.15, 0.2) is 0 Å². The molecule has 1 aromatic carbocycles. The molecule has 0 fully saturated rings. The van der Waals surface area contributed by atoms with Gasteiger partial charge in [-0.15, -0.1) is 0 Å². The van der Waals surface area contributed by atoms with Gasteiger partial charge in [0, 0.05) is 0 Å². The minimum atomic E-state index is -4.36. The molecule has 0 heterocycles. The minimum Gasteiger partial charge on any atom is -0.480 e. The number of carboxylic acid groups (broad SMARTS) is 1. The van der Waals surface area contributed by atoms with Crippen molar-refractivity contribution >= 4 is 27.6 Å². The van der Waals surface area contributed by atoms with Crippen molar-refractivity contribution in [3.05, 3.63) is 29.0 Å². The molecule has 0 saturated heterocycles. The van der Waals surface area contributed by atoms with Gasteiger partial charge in [-0.25, -0.2) is 12.8 Å². The highest BCUT2D eigenvalue weighted by atomic mass is 35.5. The molecule has 0 bridgehead atoms. The predicted molar refractivity (Wildman–Crippen MR) is 72.6 cm³/mol. The number of benzene rings is 1. The third kappa shape index (κ3) is 3.68. The molecule has 5 nitrogen and oxygen atoms in total. The highest BCUT2D eigenvalue weighted by Gasteiger charge is 2.32. The van der Waals surface area contributed by atoms with Gasteiger partial charge in [-0.1, -0.05) is 37.9 Å². The highest BCUT2D eigenvalue weighted by molar-refractivity contribution is 7.89. The fraction of sp³-hybridized carbons (Fsp3) is 0.417. The van der Waals surface area contributed by atoms with E-state index in [4.69, 9.17) is 16.7 Å². The first-order chi connectivity index (χ1) is 9.20. The van der Waals surface area contributed by atoms with E-state index in [1.807, 2.05) is 4.72 Å². The number of sulfonamides is 1. The fourth-order valence-corrected chi connectivity index (χ4v) is 3.51. The molecule has 2 atom stereocenters. The number of aliphatic carboxylic acids is 1. The molecule has 0 amide bonds. The van der Waals surface area contributed by atoms with Crippen LogP contribution in [0.5, 0.6) is 0 Å². The molecule has 0 aliphatic heterocycles. The molecule has 0 spiro atoms. The van der Waals surface area contributed by atoms with Crippen molar-refractivity contribution in [2.75, 3.05) is 0 Å². The van der Waals surface area contributed by atoms with Crippen LogP contribution in [0.3, 0.4) is 0 Å². The summed E-state index contributed by atoms with van der Waals surface area (Å²) in [5.74, 6) is -2.80. The molecule has 0 radical (unpaired) electrons. The normalized spacial score (nSPS) is 14.8. The van der Waals surface area contributed by atoms with Crippen LogP contribution < -0.4 is 4.72 Å². The Bertz CT molecular complexity index is 585. The van der Waals surface area contributed by atoms with Gasteiger partial charge in [0.25, 0.3) is 0 Å². The Morgan fingerprint density at radius 3 is 2.55 bits per heavy atom. The van der Waals surface area contributed by atoms with E-state index >= 15 is 0 Å². The summed E-state index contributed by atoms with van der Waals surface area (Å²) in [6.45, 7) is 3.31. The van der Waals surface area contributed by atoms with Crippen LogP contribution in [-0.2, 0) is 14.8 Å². The van der Waals surface area contributed by atoms with Crippen molar-refractivity contribution in [1.29, 1.82) is 0 Å². The first-order valence-electron chi connectivity index (χ1n) is 5.89. The third-order valence-electron chi connectivity index (χ3n) is 2.95. The maximum Gasteiger partial charge on any atom is 0.322 e. The van der Waals surface area contributed by atoms with Crippen molar-refractivity contribution in [2.45, 2.75) is 31.2 Å². The van der Waals surface area contributed by atoms with E-state index in [-0.39, 0.29) is 5.02 Å². The zero-order valence-corrected chi connectivity index (χ0v) is 12.5. The Morgan fingerprint density at radius 2 is 2.10 bits per heavy atom. The first kappa shape index (κ1) is 16.9. The van der Waals surface area contributed by atoms with Gasteiger partial charge in [0.2, 0.25) is 10.0 Å². The number of hydrogen-bond acceptors (Lipinski definition) is 3. The van der Waals surface area contributed by atoms with Crippen LogP contribution in [0.2, 0.25) is 5.02 Å². The second-order valence-electron chi connectivity index (χ2n) is 4.37. The molecule has 0 saturated carbocycles. The molecular formula is C12H15ClFNO4S. The van der Waals surface area contributed by atoms with Crippen molar-refractivity contribution in [3.8, 4) is 0 Å². The lowest BCUT2D eigenvalue weighted by molar-refractivity contribution is -0.140. The molecule has 0 aliphatic carbocycles. The molecule has 0 aliphatic rings. The van der Waals surface area contributed by atoms with Gasteiger partial charge >= 0.3 is 5.97 Å². The summed E-state index contributed by atoms with van der Waals surface area (Å²) in [4.78, 5) is 10.4. The van der Waals surface area contributed by atoms with E-state index in [0.717, 1.165) is 6.07 Å². The molecule has 8 heteroatoms. The summed E-state index contributed by atoms with van der Waals surface area (Å²) >= 11 is 5.68. The van der Waals surface area contributed by atoms with E-state index in [1.54, 1.807) is 13.8 Å². The second-order valence-corrected chi connectivity index (χ2v) is 6.43. The summed E-state index contributed by atoms with van der Waals surface area (Å²) < 4.78 is 39.8. The number of carbonyl (C=O) groups is 1. The van der Waals surface area contributed by atoms with Crippen molar-refractivity contribution in [2.24, 2.45) is 5.92 Å². The number of rotatable bonds is 6. The standard InChI is InChI=1S/C12H15ClFNO4S/c1-3-7(2)10(12(16)17)15-20(18,19)11-8(13)5-4-6-9(11)14/h4-7,10,15H,3H2,1-2H3,(H,16,17)/t7-,10-/m0/s1. The van der Waals surface area contributed by atoms with Crippen molar-refractivity contribution in [3.63, 3.8) is 0 Å². The summed E-state index contributed by atoms with van der Waals surface area (Å²) in [6.07, 6.45) is 0.449. The predicted octanol–water partition coefficient (Wildman–Crippen LogP) is 2.26. The lowest BCUT2D eigenvalue weighted by atomic mass is 10.0. The molecule has 1 rings (SSSR count). The zero-order chi connectivity index (χ0) is 15.5. The quantitative estimate of drug-likeness (QED) is 0.841. The summed E-state index contributed by atoms with van der Waals surface area (Å²) in [5.41, 5.74) is 0. The lowest BCUT2D eigenvalue weighted by Crippen LogP contribution is -2.45. The Balaban J connectivity index is 3.20. The van der Waals surface area contributed by atoms with E-state index in [1.165, 1.54) is 12.1 Å². The minimum absolute atomic E-state index is 0.300. The van der Waals surface area contributed by atoms with Crippen molar-refractivity contribution in [1.82, 2.24) is 4.72 Å². The molecule has 0 aromatic heterocycles. The van der Waals surface area contributed by atoms with Crippen LogP contribution in [0.1, 0.15) is 20.3 Å². The Morgan fingerprint density at radius 1 is 1.50 bits per heavy atom. The summed E-state index contributed by atoms with van der Waals surface area (Å²) in [6, 6.07) is 2.08. The number of halogens is 2. The average molecular weight is 324 g/mol. The largest absolute Gasteiger partial charge is 0.480 e. The number of carboxylic acids is 1. The van der Waals surface area contributed by atoms with Gasteiger partial charge in [0.1, 0.15) is 16.8 Å². The van der Waals surface area contributed by atoms with Gasteiger partial charge in [-0.2, -0.15) is 4.72 Å². The van der Waals surface area contributed by atoms with Gasteiger partial charge in [-0.05, 0) is 18.1 Å². The third-order valence-corrected chi connectivity index (χ3v) is 4.89. The number of hydrogen-bond donors (Lipinski definition) is 2. The van der Waals surface area contributed by atoms with Crippen LogP contribution in [0, 0.1) is 11.7 Å². The van der Waals surface area contributed by atoms with E-state index in [2.05, 4.69) is 0 Å². The first-order valence-corrected chi connectivity index (χ1v) is 7.76. The molecule has 1 aromatic rings. The maximum atomic E-state index is 13.6. The smallest absolute Gasteiger partial charge is 0.322 e. The highest BCUT2D eigenvalue weighted by Crippen LogP contribution is 2.25. The Kier molecular flexibility index (Phi) is 5.50. The Hall–Kier alpha value is -1.18. The molecule has 2 N–H and O–H groups in total. The number of nitrogens with one attached hydrogen (secondary N) is 1. The van der Waals surface area contributed by atoms with E-state index in [9.17, 15) is 17.6 Å². The van der Waals surface area contributed by atoms with Crippen LogP contribution in [0.25, 0.3) is 0 Å². The summed E-state index contributed by atoms with van der Waals surface area (Å²) in [5, 5.41) is 8.77. The van der Waals surface area contributed by atoms with E-state index in [0.29, 0.717) is 6.42 Å². The van der Waals surface area contributed by atoms with Gasteiger partial charge in [0.05, 0.1) is 5.02 Å².